The maximum atomic E-state index is 12.9. The number of nitrogens with zero attached hydrogens (tertiary/aromatic N) is 1. The number of ether oxygens (including phenoxy) is 1. The van der Waals surface area contributed by atoms with Crippen molar-refractivity contribution in [3.63, 3.8) is 0 Å². The van der Waals surface area contributed by atoms with Gasteiger partial charge in [0.1, 0.15) is 5.56 Å². The van der Waals surface area contributed by atoms with E-state index in [1.807, 2.05) is 30.3 Å². The molecule has 6 heteroatoms. The lowest BCUT2D eigenvalue weighted by atomic mass is 10.0. The van der Waals surface area contributed by atoms with E-state index in [1.54, 1.807) is 13.1 Å². The van der Waals surface area contributed by atoms with Gasteiger partial charge >= 0.3 is 0 Å². The SMILES string of the molecule is CCNC(=O)c1cc(C(=O)CCCC[C@@H]2CCCCO2)cn(Cc2ccccc2)c1=O. The van der Waals surface area contributed by atoms with Crippen LogP contribution in [0.25, 0.3) is 0 Å². The molecule has 166 valence electrons. The minimum atomic E-state index is -0.446. The number of carbonyl (C=O) groups is 2. The third kappa shape index (κ3) is 6.62. The Morgan fingerprint density at radius 2 is 1.97 bits per heavy atom. The van der Waals surface area contributed by atoms with Gasteiger partial charge in [-0.1, -0.05) is 36.8 Å². The number of hydrogen-bond acceptors (Lipinski definition) is 4. The summed E-state index contributed by atoms with van der Waals surface area (Å²) in [6, 6.07) is 11.0. The van der Waals surface area contributed by atoms with Crippen LogP contribution in [0.1, 0.15) is 78.1 Å². The van der Waals surface area contributed by atoms with E-state index in [0.29, 0.717) is 31.2 Å². The molecule has 1 saturated heterocycles. The summed E-state index contributed by atoms with van der Waals surface area (Å²) in [7, 11) is 0. The standard InChI is InChI=1S/C25H32N2O4/c1-2-26-24(29)22-16-20(18-27(25(22)30)17-19-10-4-3-5-11-19)23(28)14-7-6-12-21-13-8-9-15-31-21/h3-5,10-11,16,18,21H,2,6-9,12-15,17H2,1H3,(H,26,29)/t21-/m1/s1. The second kappa shape index (κ2) is 11.6. The topological polar surface area (TPSA) is 77.4 Å². The molecule has 0 spiro atoms. The van der Waals surface area contributed by atoms with Crippen LogP contribution in [0.15, 0.2) is 47.4 Å². The minimum absolute atomic E-state index is 0.0132. The number of rotatable bonds is 10. The van der Waals surface area contributed by atoms with Crippen molar-refractivity contribution in [1.82, 2.24) is 9.88 Å². The van der Waals surface area contributed by atoms with Gasteiger partial charge in [0.05, 0.1) is 12.6 Å². The third-order valence-electron chi connectivity index (χ3n) is 5.64. The lowest BCUT2D eigenvalue weighted by Crippen LogP contribution is -2.33. The van der Waals surface area contributed by atoms with Crippen LogP contribution in [-0.2, 0) is 11.3 Å². The second-order valence-electron chi connectivity index (χ2n) is 8.08. The van der Waals surface area contributed by atoms with Gasteiger partial charge < -0.3 is 14.6 Å². The van der Waals surface area contributed by atoms with Gasteiger partial charge in [0.15, 0.2) is 5.78 Å². The number of unbranched alkanes of at least 4 members (excludes halogenated alkanes) is 1. The fourth-order valence-electron chi connectivity index (χ4n) is 3.94. The highest BCUT2D eigenvalue weighted by atomic mass is 16.5. The largest absolute Gasteiger partial charge is 0.378 e. The van der Waals surface area contributed by atoms with Gasteiger partial charge in [0, 0.05) is 31.3 Å². The van der Waals surface area contributed by atoms with E-state index < -0.39 is 5.91 Å². The minimum Gasteiger partial charge on any atom is -0.378 e. The first-order valence-electron chi connectivity index (χ1n) is 11.3. The molecule has 2 aromatic rings. The number of ketones is 1. The van der Waals surface area contributed by atoms with Crippen LogP contribution in [-0.4, -0.2) is 35.5 Å². The molecule has 0 unspecified atom stereocenters. The van der Waals surface area contributed by atoms with E-state index >= 15 is 0 Å². The summed E-state index contributed by atoms with van der Waals surface area (Å²) in [4.78, 5) is 38.2. The predicted molar refractivity (Wildman–Crippen MR) is 121 cm³/mol. The van der Waals surface area contributed by atoms with Gasteiger partial charge in [-0.05, 0) is 50.7 Å². The van der Waals surface area contributed by atoms with Crippen LogP contribution in [0.5, 0.6) is 0 Å². The molecular formula is C25H32N2O4. The van der Waals surface area contributed by atoms with Crippen molar-refractivity contribution < 1.29 is 14.3 Å². The Kier molecular flexibility index (Phi) is 8.59. The highest BCUT2D eigenvalue weighted by Crippen LogP contribution is 2.19. The highest BCUT2D eigenvalue weighted by molar-refractivity contribution is 6.00. The van der Waals surface area contributed by atoms with Crippen molar-refractivity contribution in [2.24, 2.45) is 0 Å². The second-order valence-corrected chi connectivity index (χ2v) is 8.08. The highest BCUT2D eigenvalue weighted by Gasteiger charge is 2.18. The summed E-state index contributed by atoms with van der Waals surface area (Å²) >= 11 is 0. The third-order valence-corrected chi connectivity index (χ3v) is 5.64. The summed E-state index contributed by atoms with van der Waals surface area (Å²) in [5.41, 5.74) is 0.967. The number of Topliss-reactive ketones (excluding diaryl/α,β-unsaturated/α-hetero) is 1. The Morgan fingerprint density at radius 1 is 1.16 bits per heavy atom. The van der Waals surface area contributed by atoms with Crippen molar-refractivity contribution in [2.75, 3.05) is 13.2 Å². The Hall–Kier alpha value is -2.73. The Morgan fingerprint density at radius 3 is 2.68 bits per heavy atom. The Bertz CT molecular complexity index is 930. The van der Waals surface area contributed by atoms with Crippen LogP contribution in [0.2, 0.25) is 0 Å². The maximum absolute atomic E-state index is 12.9. The normalized spacial score (nSPS) is 16.1. The summed E-state index contributed by atoms with van der Waals surface area (Å²) in [5, 5.41) is 2.67. The first kappa shape index (κ1) is 22.9. The van der Waals surface area contributed by atoms with Crippen LogP contribution < -0.4 is 10.9 Å². The van der Waals surface area contributed by atoms with Crippen molar-refractivity contribution in [1.29, 1.82) is 0 Å². The number of aromatic nitrogens is 1. The quantitative estimate of drug-likeness (QED) is 0.463. The maximum Gasteiger partial charge on any atom is 0.263 e. The Balaban J connectivity index is 1.72. The van der Waals surface area contributed by atoms with E-state index in [2.05, 4.69) is 5.32 Å². The first-order chi connectivity index (χ1) is 15.1. The van der Waals surface area contributed by atoms with Gasteiger partial charge in [-0.15, -0.1) is 0 Å². The lowest BCUT2D eigenvalue weighted by molar-refractivity contribution is 0.00979. The lowest BCUT2D eigenvalue weighted by Gasteiger charge is -2.22. The molecule has 1 aromatic carbocycles. The number of pyridine rings is 1. The fraction of sp³-hybridized carbons (Fsp3) is 0.480. The van der Waals surface area contributed by atoms with Crippen molar-refractivity contribution >= 4 is 11.7 Å². The zero-order valence-electron chi connectivity index (χ0n) is 18.3. The van der Waals surface area contributed by atoms with E-state index in [4.69, 9.17) is 4.74 Å². The van der Waals surface area contributed by atoms with Gasteiger partial charge in [-0.2, -0.15) is 0 Å². The fourth-order valence-corrected chi connectivity index (χ4v) is 3.94. The predicted octanol–water partition coefficient (Wildman–Crippen LogP) is 3.96. The molecular weight excluding hydrogens is 392 g/mol. The molecule has 1 atom stereocenters. The molecule has 1 aliphatic heterocycles. The monoisotopic (exact) mass is 424 g/mol. The first-order valence-corrected chi connectivity index (χ1v) is 11.3. The van der Waals surface area contributed by atoms with Gasteiger partial charge in [-0.3, -0.25) is 14.4 Å². The van der Waals surface area contributed by atoms with Crippen molar-refractivity contribution in [3.05, 3.63) is 69.6 Å². The molecule has 0 aliphatic carbocycles. The number of nitrogens with one attached hydrogen (secondary N) is 1. The van der Waals surface area contributed by atoms with Crippen molar-refractivity contribution in [3.8, 4) is 0 Å². The average Bonchev–Trinajstić information content (AvgIpc) is 2.79. The molecule has 1 amide bonds. The van der Waals surface area contributed by atoms with Crippen LogP contribution >= 0.6 is 0 Å². The molecule has 0 bridgehead atoms. The van der Waals surface area contributed by atoms with Crippen molar-refractivity contribution in [2.45, 2.75) is 64.5 Å². The zero-order valence-corrected chi connectivity index (χ0v) is 18.3. The van der Waals surface area contributed by atoms with E-state index in [0.717, 1.165) is 44.3 Å². The molecule has 31 heavy (non-hydrogen) atoms. The molecule has 2 heterocycles. The van der Waals surface area contributed by atoms with Gasteiger partial charge in [-0.25, -0.2) is 0 Å². The number of carbonyl (C=O) groups excluding carboxylic acids is 2. The summed E-state index contributed by atoms with van der Waals surface area (Å²) < 4.78 is 7.21. The summed E-state index contributed by atoms with van der Waals surface area (Å²) in [6.07, 6.45) is 8.45. The summed E-state index contributed by atoms with van der Waals surface area (Å²) in [6.45, 7) is 3.37. The van der Waals surface area contributed by atoms with E-state index in [9.17, 15) is 14.4 Å². The van der Waals surface area contributed by atoms with Gasteiger partial charge in [0.2, 0.25) is 0 Å². The molecule has 1 aromatic heterocycles. The molecule has 1 N–H and O–H groups in total. The van der Waals surface area contributed by atoms with E-state index in [-0.39, 0.29) is 16.9 Å². The molecule has 1 fully saturated rings. The van der Waals surface area contributed by atoms with Crippen LogP contribution in [0.3, 0.4) is 0 Å². The van der Waals surface area contributed by atoms with Crippen LogP contribution in [0, 0.1) is 0 Å². The number of amides is 1. The molecule has 1 aliphatic rings. The van der Waals surface area contributed by atoms with Crippen LogP contribution in [0.4, 0.5) is 0 Å². The zero-order chi connectivity index (χ0) is 22.1. The molecule has 0 saturated carbocycles. The van der Waals surface area contributed by atoms with E-state index in [1.165, 1.54) is 17.1 Å². The smallest absolute Gasteiger partial charge is 0.263 e. The number of hydrogen-bond donors (Lipinski definition) is 1. The summed E-state index contributed by atoms with van der Waals surface area (Å²) in [5.74, 6) is -0.490. The Labute approximate surface area is 183 Å². The molecule has 6 nitrogen and oxygen atoms in total. The average molecular weight is 425 g/mol. The van der Waals surface area contributed by atoms with Gasteiger partial charge in [0.25, 0.3) is 11.5 Å². The molecule has 3 rings (SSSR count). The number of benzene rings is 1. The molecule has 0 radical (unpaired) electrons.